The number of esters is 1. The Balaban J connectivity index is 1.59. The molecular weight excluding hydrogens is 466 g/mol. The molecule has 1 fully saturated rings. The summed E-state index contributed by atoms with van der Waals surface area (Å²) in [5.41, 5.74) is 2.76. The smallest absolute Gasteiger partial charge is 0.309 e. The topological polar surface area (TPSA) is 106 Å². The van der Waals surface area contributed by atoms with Crippen LogP contribution in [0, 0.1) is 26.7 Å². The Morgan fingerprint density at radius 2 is 1.79 bits per heavy atom. The maximum absolute atomic E-state index is 13.2. The molecule has 2 heterocycles. The second-order valence-electron chi connectivity index (χ2n) is 8.32. The number of hydrogen-bond acceptors (Lipinski definition) is 6. The van der Waals surface area contributed by atoms with E-state index in [1.807, 2.05) is 19.1 Å². The Bertz CT molecular complexity index is 1140. The fraction of sp³-hybridized carbons (Fsp3) is 0.435. The lowest BCUT2D eigenvalue weighted by molar-refractivity contribution is -0.158. The van der Waals surface area contributed by atoms with Crippen molar-refractivity contribution in [3.63, 3.8) is 0 Å². The summed E-state index contributed by atoms with van der Waals surface area (Å²) in [7, 11) is -3.67. The second-order valence-corrected chi connectivity index (χ2v) is 10.5. The Morgan fingerprint density at radius 1 is 1.18 bits per heavy atom. The summed E-state index contributed by atoms with van der Waals surface area (Å²) >= 11 is 5.94. The first-order valence-corrected chi connectivity index (χ1v) is 12.5. The number of rotatable bonds is 6. The molecule has 0 bridgehead atoms. The number of nitrogens with zero attached hydrogens (tertiary/aromatic N) is 2. The van der Waals surface area contributed by atoms with Crippen LogP contribution in [-0.2, 0) is 24.3 Å². The van der Waals surface area contributed by atoms with Crippen LogP contribution < -0.4 is 5.32 Å². The summed E-state index contributed by atoms with van der Waals surface area (Å²) in [6.45, 7) is 7.41. The van der Waals surface area contributed by atoms with E-state index in [0.29, 0.717) is 34.6 Å². The number of aryl methyl sites for hydroxylation is 3. The molecule has 3 rings (SSSR count). The zero-order valence-electron chi connectivity index (χ0n) is 19.1. The molecular formula is C23H28ClN3O5S. The van der Waals surface area contributed by atoms with Crippen molar-refractivity contribution in [2.45, 2.75) is 51.5 Å². The fourth-order valence-corrected chi connectivity index (χ4v) is 6.12. The minimum Gasteiger partial charge on any atom is -0.452 e. The lowest BCUT2D eigenvalue weighted by Crippen LogP contribution is -2.42. The Hall–Kier alpha value is -2.49. The number of nitrogens with one attached hydrogen (secondary N) is 1. The zero-order chi connectivity index (χ0) is 24.3. The van der Waals surface area contributed by atoms with E-state index in [2.05, 4.69) is 10.3 Å². The molecule has 178 valence electrons. The number of carbonyl (C=O) groups excluding carboxylic acids is 2. The van der Waals surface area contributed by atoms with Gasteiger partial charge in [0.2, 0.25) is 10.0 Å². The number of carbonyl (C=O) groups is 2. The van der Waals surface area contributed by atoms with Gasteiger partial charge in [-0.3, -0.25) is 9.59 Å². The average molecular weight is 494 g/mol. The van der Waals surface area contributed by atoms with Crippen LogP contribution >= 0.6 is 11.6 Å². The summed E-state index contributed by atoms with van der Waals surface area (Å²) < 4.78 is 33.2. The predicted octanol–water partition coefficient (Wildman–Crippen LogP) is 3.63. The number of halogens is 1. The first-order valence-electron chi connectivity index (χ1n) is 10.7. The summed E-state index contributed by atoms with van der Waals surface area (Å²) in [6.07, 6.45) is 1.11. The van der Waals surface area contributed by atoms with Crippen molar-refractivity contribution in [2.75, 3.05) is 18.4 Å². The van der Waals surface area contributed by atoms with Gasteiger partial charge in [-0.2, -0.15) is 4.31 Å². The molecule has 0 aliphatic carbocycles. The van der Waals surface area contributed by atoms with E-state index in [9.17, 15) is 18.0 Å². The molecule has 2 aromatic rings. The van der Waals surface area contributed by atoms with Crippen molar-refractivity contribution in [3.8, 4) is 0 Å². The Kier molecular flexibility index (Phi) is 7.76. The zero-order valence-corrected chi connectivity index (χ0v) is 20.7. The molecule has 1 saturated heterocycles. The number of anilines is 1. The number of pyridine rings is 1. The number of aromatic nitrogens is 1. The number of ether oxygens (including phenoxy) is 1. The van der Waals surface area contributed by atoms with Crippen molar-refractivity contribution in [2.24, 2.45) is 5.92 Å². The molecule has 0 radical (unpaired) electrons. The molecule has 33 heavy (non-hydrogen) atoms. The number of amides is 1. The number of piperidine rings is 1. The maximum Gasteiger partial charge on any atom is 0.309 e. The molecule has 1 aromatic heterocycles. The van der Waals surface area contributed by atoms with E-state index in [1.54, 1.807) is 26.0 Å². The number of benzene rings is 1. The maximum atomic E-state index is 13.2. The highest BCUT2D eigenvalue weighted by molar-refractivity contribution is 7.89. The summed E-state index contributed by atoms with van der Waals surface area (Å²) in [6, 6.07) is 6.93. The highest BCUT2D eigenvalue weighted by atomic mass is 35.5. The van der Waals surface area contributed by atoms with Gasteiger partial charge in [0.25, 0.3) is 5.91 Å². The van der Waals surface area contributed by atoms with E-state index in [-0.39, 0.29) is 18.2 Å². The lowest BCUT2D eigenvalue weighted by Gasteiger charge is -2.31. The normalized spacial score (nSPS) is 16.3. The molecule has 1 aliphatic rings. The molecule has 1 aliphatic heterocycles. The molecule has 1 atom stereocenters. The lowest BCUT2D eigenvalue weighted by atomic mass is 9.98. The van der Waals surface area contributed by atoms with Crippen LogP contribution in [0.2, 0.25) is 5.15 Å². The molecule has 1 amide bonds. The van der Waals surface area contributed by atoms with Gasteiger partial charge in [0, 0.05) is 19.3 Å². The van der Waals surface area contributed by atoms with Crippen LogP contribution in [0.25, 0.3) is 0 Å². The third-order valence-corrected chi connectivity index (χ3v) is 8.17. The third kappa shape index (κ3) is 5.72. The minimum absolute atomic E-state index is 0.136. The molecule has 0 spiro atoms. The summed E-state index contributed by atoms with van der Waals surface area (Å²) in [5, 5.41) is 2.72. The van der Waals surface area contributed by atoms with E-state index in [4.69, 9.17) is 16.3 Å². The standard InChI is InChI=1S/C23H28ClN3O5S/c1-14-12-15(2)20(16(3)13-14)33(30,31)27-10-7-18(8-11-27)23(29)32-17(4)22(28)26-19-6-5-9-25-21(19)24/h5-6,9,12-13,17-18H,7-8,10-11H2,1-4H3,(H,26,28). The van der Waals surface area contributed by atoms with Gasteiger partial charge in [0.1, 0.15) is 0 Å². The van der Waals surface area contributed by atoms with Gasteiger partial charge in [-0.1, -0.05) is 29.3 Å². The molecule has 1 unspecified atom stereocenters. The van der Waals surface area contributed by atoms with Crippen LogP contribution in [0.15, 0.2) is 35.4 Å². The first-order chi connectivity index (χ1) is 15.5. The van der Waals surface area contributed by atoms with Crippen LogP contribution in [0.5, 0.6) is 0 Å². The number of hydrogen-bond donors (Lipinski definition) is 1. The van der Waals surface area contributed by atoms with Crippen molar-refractivity contribution in [1.82, 2.24) is 9.29 Å². The van der Waals surface area contributed by atoms with Gasteiger partial charge >= 0.3 is 5.97 Å². The highest BCUT2D eigenvalue weighted by Gasteiger charge is 2.35. The SMILES string of the molecule is Cc1cc(C)c(S(=O)(=O)N2CCC(C(=O)OC(C)C(=O)Nc3cccnc3Cl)CC2)c(C)c1. The van der Waals surface area contributed by atoms with Crippen LogP contribution in [0.1, 0.15) is 36.5 Å². The van der Waals surface area contributed by atoms with Crippen molar-refractivity contribution in [1.29, 1.82) is 0 Å². The van der Waals surface area contributed by atoms with Gasteiger partial charge in [0.15, 0.2) is 11.3 Å². The number of sulfonamides is 1. The molecule has 8 nitrogen and oxygen atoms in total. The van der Waals surface area contributed by atoms with E-state index in [0.717, 1.165) is 5.56 Å². The molecule has 1 N–H and O–H groups in total. The van der Waals surface area contributed by atoms with Crippen LogP contribution in [-0.4, -0.2) is 48.8 Å². The quantitative estimate of drug-likeness (QED) is 0.486. The van der Waals surface area contributed by atoms with Crippen molar-refractivity contribution < 1.29 is 22.7 Å². The van der Waals surface area contributed by atoms with E-state index >= 15 is 0 Å². The van der Waals surface area contributed by atoms with Gasteiger partial charge in [-0.15, -0.1) is 0 Å². The Morgan fingerprint density at radius 3 is 2.36 bits per heavy atom. The minimum atomic E-state index is -3.67. The molecule has 1 aromatic carbocycles. The molecule has 0 saturated carbocycles. The van der Waals surface area contributed by atoms with Gasteiger partial charge in [0.05, 0.1) is 16.5 Å². The van der Waals surface area contributed by atoms with E-state index < -0.39 is 33.9 Å². The molecule has 10 heteroatoms. The fourth-order valence-electron chi connectivity index (χ4n) is 4.07. The van der Waals surface area contributed by atoms with Crippen molar-refractivity contribution in [3.05, 3.63) is 52.3 Å². The Labute approximate surface area is 199 Å². The average Bonchev–Trinajstić information content (AvgIpc) is 2.74. The van der Waals surface area contributed by atoms with Crippen LogP contribution in [0.3, 0.4) is 0 Å². The van der Waals surface area contributed by atoms with Crippen LogP contribution in [0.4, 0.5) is 5.69 Å². The monoisotopic (exact) mass is 493 g/mol. The highest BCUT2D eigenvalue weighted by Crippen LogP contribution is 2.29. The third-order valence-electron chi connectivity index (χ3n) is 5.67. The van der Waals surface area contributed by atoms with Gasteiger partial charge < -0.3 is 10.1 Å². The largest absolute Gasteiger partial charge is 0.452 e. The second kappa shape index (κ2) is 10.2. The van der Waals surface area contributed by atoms with Gasteiger partial charge in [-0.25, -0.2) is 13.4 Å². The van der Waals surface area contributed by atoms with Gasteiger partial charge in [-0.05, 0) is 63.8 Å². The van der Waals surface area contributed by atoms with Crippen molar-refractivity contribution >= 4 is 39.2 Å². The summed E-state index contributed by atoms with van der Waals surface area (Å²) in [5.74, 6) is -1.52. The first kappa shape index (κ1) is 25.1. The predicted molar refractivity (Wildman–Crippen MR) is 126 cm³/mol. The summed E-state index contributed by atoms with van der Waals surface area (Å²) in [4.78, 5) is 29.2. The van der Waals surface area contributed by atoms with E-state index in [1.165, 1.54) is 17.4 Å².